The van der Waals surface area contributed by atoms with E-state index in [9.17, 15) is 14.9 Å². The quantitative estimate of drug-likeness (QED) is 0.237. The van der Waals surface area contributed by atoms with Crippen LogP contribution in [0.3, 0.4) is 0 Å². The highest BCUT2D eigenvalue weighted by Gasteiger charge is 2.27. The Morgan fingerprint density at radius 1 is 1.12 bits per heavy atom. The molecule has 0 aliphatic carbocycles. The summed E-state index contributed by atoms with van der Waals surface area (Å²) >= 11 is 0. The van der Waals surface area contributed by atoms with E-state index in [1.807, 2.05) is 26.3 Å². The van der Waals surface area contributed by atoms with Crippen molar-refractivity contribution in [3.8, 4) is 0 Å². The Morgan fingerprint density at radius 2 is 1.81 bits per heavy atom. The van der Waals surface area contributed by atoms with Crippen LogP contribution in [-0.2, 0) is 9.47 Å². The maximum Gasteiger partial charge on any atom is 0.164 e. The topological polar surface area (TPSA) is 110 Å². The van der Waals surface area contributed by atoms with E-state index in [2.05, 4.69) is 15.3 Å². The number of rotatable bonds is 17. The van der Waals surface area contributed by atoms with Gasteiger partial charge in [-0.15, -0.1) is 0 Å². The summed E-state index contributed by atoms with van der Waals surface area (Å²) in [6, 6.07) is -1.17. The normalized spacial score (nSPS) is 16.6. The molecule has 0 saturated carbocycles. The van der Waals surface area contributed by atoms with Gasteiger partial charge in [0, 0.05) is 25.9 Å². The number of aliphatic hydroxyl groups excluding tert-OH is 1. The minimum absolute atomic E-state index is 0.0147. The fourth-order valence-electron chi connectivity index (χ4n) is 2.47. The lowest BCUT2D eigenvalue weighted by Crippen LogP contribution is -2.51. The van der Waals surface area contributed by atoms with Crippen LogP contribution in [-0.4, -0.2) is 88.1 Å². The Balaban J connectivity index is 4.51. The monoisotopic (exact) mass is 373 g/mol. The van der Waals surface area contributed by atoms with E-state index in [1.54, 1.807) is 6.20 Å². The number of likely N-dealkylation sites (N-methyl/N-ethyl adjacent to an activating group) is 1. The van der Waals surface area contributed by atoms with Crippen LogP contribution in [0.4, 0.5) is 0 Å². The lowest BCUT2D eigenvalue weighted by atomic mass is 10.2. The summed E-state index contributed by atoms with van der Waals surface area (Å²) in [5.41, 5.74) is 0. The van der Waals surface area contributed by atoms with Crippen molar-refractivity contribution in [1.29, 1.82) is 0 Å². The van der Waals surface area contributed by atoms with Gasteiger partial charge in [0.15, 0.2) is 6.04 Å². The van der Waals surface area contributed by atoms with E-state index in [0.717, 1.165) is 19.4 Å². The largest absolute Gasteiger partial charge is 0.391 e. The lowest BCUT2D eigenvalue weighted by molar-refractivity contribution is -0.910. The summed E-state index contributed by atoms with van der Waals surface area (Å²) in [6.07, 6.45) is 7.21. The van der Waals surface area contributed by atoms with Crippen LogP contribution in [0.25, 0.3) is 0 Å². The van der Waals surface area contributed by atoms with Crippen molar-refractivity contribution >= 4 is 6.21 Å². The second-order valence-electron chi connectivity index (χ2n) is 6.40. The van der Waals surface area contributed by atoms with Gasteiger partial charge >= 0.3 is 0 Å². The molecular weight excluding hydrogens is 340 g/mol. The van der Waals surface area contributed by atoms with Gasteiger partial charge in [0.2, 0.25) is 0 Å². The summed E-state index contributed by atoms with van der Waals surface area (Å²) in [5.74, 6) is 0. The van der Waals surface area contributed by atoms with Gasteiger partial charge in [0.05, 0.1) is 40.0 Å². The number of ether oxygens (including phenoxy) is 2. The predicted octanol–water partition coefficient (Wildman–Crippen LogP) is 1.74. The zero-order chi connectivity index (χ0) is 19.7. The first-order valence-corrected chi connectivity index (χ1v) is 8.87. The predicted molar refractivity (Wildman–Crippen MR) is 102 cm³/mol. The van der Waals surface area contributed by atoms with Crippen molar-refractivity contribution in [3.63, 3.8) is 0 Å². The molecule has 0 aromatic carbocycles. The molecule has 3 unspecified atom stereocenters. The van der Waals surface area contributed by atoms with E-state index in [-0.39, 0.29) is 26.4 Å². The molecule has 0 aromatic rings. The van der Waals surface area contributed by atoms with E-state index >= 15 is 0 Å². The summed E-state index contributed by atoms with van der Waals surface area (Å²) in [5, 5.41) is 15.4. The third-order valence-corrected chi connectivity index (χ3v) is 3.90. The van der Waals surface area contributed by atoms with Crippen molar-refractivity contribution in [2.45, 2.75) is 31.8 Å². The molecule has 0 rings (SSSR count). The maximum absolute atomic E-state index is 11.2. The number of methoxy groups -OCH3 is 1. The molecular formula is C17H33N4O5+. The molecule has 0 spiro atoms. The smallest absolute Gasteiger partial charge is 0.164 e. The molecule has 0 radical (unpaired) electrons. The molecule has 0 saturated heterocycles. The first-order chi connectivity index (χ1) is 12.5. The first-order valence-electron chi connectivity index (χ1n) is 8.87. The van der Waals surface area contributed by atoms with E-state index < -0.39 is 12.1 Å². The van der Waals surface area contributed by atoms with Crippen molar-refractivity contribution in [3.05, 3.63) is 22.1 Å². The lowest BCUT2D eigenvalue weighted by Gasteiger charge is -2.35. The van der Waals surface area contributed by atoms with Crippen LogP contribution in [0.5, 0.6) is 0 Å². The average Bonchev–Trinajstić information content (AvgIpc) is 2.63. The van der Waals surface area contributed by atoms with Crippen molar-refractivity contribution in [2.24, 2.45) is 15.3 Å². The minimum atomic E-state index is -0.599. The SMILES string of the molecule is CC/C=C\N=CCC[N+](C)(CCO)CC(COCC(COC)N=O)N=O. The van der Waals surface area contributed by atoms with E-state index in [1.165, 1.54) is 7.11 Å². The van der Waals surface area contributed by atoms with Crippen molar-refractivity contribution in [1.82, 2.24) is 0 Å². The summed E-state index contributed by atoms with van der Waals surface area (Å²) in [4.78, 5) is 26.0. The Morgan fingerprint density at radius 3 is 2.38 bits per heavy atom. The third kappa shape index (κ3) is 11.9. The van der Waals surface area contributed by atoms with Crippen LogP contribution in [0.15, 0.2) is 27.6 Å². The van der Waals surface area contributed by atoms with Gasteiger partial charge in [-0.05, 0) is 6.42 Å². The number of hydrogen-bond acceptors (Lipinski definition) is 8. The molecule has 0 heterocycles. The fraction of sp³-hybridized carbons (Fsp3) is 0.824. The van der Waals surface area contributed by atoms with E-state index in [0.29, 0.717) is 17.6 Å². The fourth-order valence-corrected chi connectivity index (χ4v) is 2.47. The Labute approximate surface area is 155 Å². The second kappa shape index (κ2) is 15.7. The Hall–Kier alpha value is -1.55. The van der Waals surface area contributed by atoms with Gasteiger partial charge < -0.3 is 19.1 Å². The molecule has 9 heteroatoms. The molecule has 0 aromatic heterocycles. The van der Waals surface area contributed by atoms with Gasteiger partial charge in [-0.3, -0.25) is 4.99 Å². The van der Waals surface area contributed by atoms with Crippen LogP contribution >= 0.6 is 0 Å². The van der Waals surface area contributed by atoms with Gasteiger partial charge in [0.1, 0.15) is 19.1 Å². The number of nitroso groups, excluding NO2 is 2. The van der Waals surface area contributed by atoms with Crippen molar-refractivity contribution in [2.75, 3.05) is 60.2 Å². The molecule has 0 amide bonds. The second-order valence-corrected chi connectivity index (χ2v) is 6.40. The summed E-state index contributed by atoms with van der Waals surface area (Å²) in [6.45, 7) is 4.08. The number of hydrogen-bond donors (Lipinski definition) is 1. The van der Waals surface area contributed by atoms with Gasteiger partial charge in [-0.25, -0.2) is 0 Å². The molecule has 26 heavy (non-hydrogen) atoms. The highest BCUT2D eigenvalue weighted by Crippen LogP contribution is 2.09. The zero-order valence-electron chi connectivity index (χ0n) is 16.1. The molecule has 150 valence electrons. The number of quaternary nitrogens is 1. The molecule has 0 fully saturated rings. The van der Waals surface area contributed by atoms with Crippen LogP contribution in [0.2, 0.25) is 0 Å². The standard InChI is InChI=1S/C17H33N4O5/c1-4-5-7-18-8-6-9-21(2,10-11-22)12-16(19-23)14-26-15-17(20-24)13-25-3/h5,7-8,16-17,22H,4,6,9-15H2,1-3H3/q+1/b7-5-,18-8?. The Bertz CT molecular complexity index is 433. The van der Waals surface area contributed by atoms with E-state index in [4.69, 9.17) is 9.47 Å². The highest BCUT2D eigenvalue weighted by atomic mass is 16.5. The maximum atomic E-state index is 11.2. The first kappa shape index (κ1) is 24.5. The molecule has 1 N–H and O–H groups in total. The van der Waals surface area contributed by atoms with Crippen LogP contribution in [0, 0.1) is 9.81 Å². The summed E-state index contributed by atoms with van der Waals surface area (Å²) in [7, 11) is 3.44. The summed E-state index contributed by atoms with van der Waals surface area (Å²) < 4.78 is 10.8. The molecule has 0 aliphatic heterocycles. The third-order valence-electron chi connectivity index (χ3n) is 3.90. The molecule has 3 atom stereocenters. The van der Waals surface area contributed by atoms with Crippen LogP contribution in [0.1, 0.15) is 19.8 Å². The molecule has 0 bridgehead atoms. The molecule has 9 nitrogen and oxygen atoms in total. The van der Waals surface area contributed by atoms with Crippen molar-refractivity contribution < 1.29 is 19.1 Å². The Kier molecular flexibility index (Phi) is 14.8. The number of aliphatic imine (C=N–C) groups is 1. The number of aliphatic hydroxyl groups is 1. The van der Waals surface area contributed by atoms with Crippen LogP contribution < -0.4 is 0 Å². The van der Waals surface area contributed by atoms with Gasteiger partial charge in [0.25, 0.3) is 0 Å². The number of allylic oxidation sites excluding steroid dienone is 1. The van der Waals surface area contributed by atoms with Gasteiger partial charge in [-0.2, -0.15) is 9.81 Å². The van der Waals surface area contributed by atoms with Gasteiger partial charge in [-0.1, -0.05) is 23.4 Å². The molecule has 0 aliphatic rings. The number of nitrogens with zero attached hydrogens (tertiary/aromatic N) is 4. The minimum Gasteiger partial charge on any atom is -0.391 e. The highest BCUT2D eigenvalue weighted by molar-refractivity contribution is 5.58. The average molecular weight is 373 g/mol. The zero-order valence-corrected chi connectivity index (χ0v) is 16.1.